The van der Waals surface area contributed by atoms with Crippen molar-refractivity contribution < 1.29 is 4.74 Å². The molecule has 3 nitrogen and oxygen atoms in total. The summed E-state index contributed by atoms with van der Waals surface area (Å²) in [7, 11) is 1.62. The lowest BCUT2D eigenvalue weighted by Gasteiger charge is -2.07. The highest BCUT2D eigenvalue weighted by atomic mass is 16.5. The van der Waals surface area contributed by atoms with Crippen LogP contribution in [0, 0.1) is 0 Å². The van der Waals surface area contributed by atoms with E-state index in [0.29, 0.717) is 5.69 Å². The Morgan fingerprint density at radius 1 is 1.47 bits per heavy atom. The molecule has 0 saturated carbocycles. The normalized spacial score (nSPS) is 10.2. The average molecular weight is 200 g/mol. The van der Waals surface area contributed by atoms with Crippen molar-refractivity contribution in [3.05, 3.63) is 36.5 Å². The number of nitrogens with zero attached hydrogens (tertiary/aromatic N) is 1. The number of pyridine rings is 1. The number of benzene rings is 1. The second kappa shape index (κ2) is 3.61. The summed E-state index contributed by atoms with van der Waals surface area (Å²) in [6.45, 7) is 3.76. The second-order valence-corrected chi connectivity index (χ2v) is 3.22. The number of hydrogen-bond acceptors (Lipinski definition) is 3. The third-order valence-electron chi connectivity index (χ3n) is 2.34. The first-order valence-corrected chi connectivity index (χ1v) is 4.61. The molecule has 3 heteroatoms. The fourth-order valence-electron chi connectivity index (χ4n) is 1.57. The first-order valence-electron chi connectivity index (χ1n) is 4.61. The van der Waals surface area contributed by atoms with Crippen molar-refractivity contribution >= 4 is 22.7 Å². The predicted molar refractivity (Wildman–Crippen MR) is 62.8 cm³/mol. The Labute approximate surface area is 88.2 Å². The van der Waals surface area contributed by atoms with Gasteiger partial charge in [-0.05, 0) is 17.7 Å². The molecule has 0 aliphatic rings. The molecule has 0 bridgehead atoms. The molecule has 2 N–H and O–H groups in total. The molecule has 0 aliphatic heterocycles. The van der Waals surface area contributed by atoms with Gasteiger partial charge in [0.2, 0.25) is 0 Å². The zero-order valence-corrected chi connectivity index (χ0v) is 8.53. The largest absolute Gasteiger partial charge is 0.497 e. The maximum absolute atomic E-state index is 5.88. The number of rotatable bonds is 2. The third kappa shape index (κ3) is 1.52. The van der Waals surface area contributed by atoms with E-state index in [2.05, 4.69) is 11.6 Å². The van der Waals surface area contributed by atoms with E-state index >= 15 is 0 Å². The van der Waals surface area contributed by atoms with Crippen LogP contribution in [0.25, 0.3) is 17.0 Å². The van der Waals surface area contributed by atoms with Crippen molar-refractivity contribution in [3.8, 4) is 5.75 Å². The maximum Gasteiger partial charge on any atom is 0.121 e. The van der Waals surface area contributed by atoms with Gasteiger partial charge in [0, 0.05) is 17.6 Å². The molecule has 0 spiro atoms. The molecule has 0 unspecified atom stereocenters. The fraction of sp³-hybridized carbons (Fsp3) is 0.0833. The van der Waals surface area contributed by atoms with Crippen molar-refractivity contribution in [2.75, 3.05) is 12.8 Å². The molecule has 1 aromatic carbocycles. The molecule has 0 fully saturated rings. The van der Waals surface area contributed by atoms with Crippen LogP contribution in [0.5, 0.6) is 5.75 Å². The molecule has 0 radical (unpaired) electrons. The van der Waals surface area contributed by atoms with E-state index in [0.717, 1.165) is 22.2 Å². The molecular weight excluding hydrogens is 188 g/mol. The van der Waals surface area contributed by atoms with E-state index in [-0.39, 0.29) is 0 Å². The smallest absolute Gasteiger partial charge is 0.121 e. The summed E-state index contributed by atoms with van der Waals surface area (Å²) < 4.78 is 5.16. The molecule has 15 heavy (non-hydrogen) atoms. The van der Waals surface area contributed by atoms with Gasteiger partial charge in [0.05, 0.1) is 18.3 Å². The standard InChI is InChI=1S/C12H12N2O/c1-3-8-4-5-14-12-10(8)6-9(15-2)7-11(12)13/h3-7H,1,13H2,2H3. The van der Waals surface area contributed by atoms with Gasteiger partial charge in [-0.1, -0.05) is 12.7 Å². The quantitative estimate of drug-likeness (QED) is 0.757. The Kier molecular flexibility index (Phi) is 2.29. The van der Waals surface area contributed by atoms with Crippen molar-refractivity contribution in [1.29, 1.82) is 0 Å². The monoisotopic (exact) mass is 200 g/mol. The van der Waals surface area contributed by atoms with Gasteiger partial charge in [-0.2, -0.15) is 0 Å². The van der Waals surface area contributed by atoms with E-state index in [1.807, 2.05) is 12.1 Å². The molecule has 0 atom stereocenters. The van der Waals surface area contributed by atoms with Gasteiger partial charge < -0.3 is 10.5 Å². The third-order valence-corrected chi connectivity index (χ3v) is 2.34. The Balaban J connectivity index is 2.85. The van der Waals surface area contributed by atoms with Crippen molar-refractivity contribution in [1.82, 2.24) is 4.98 Å². The van der Waals surface area contributed by atoms with Crippen LogP contribution in [0.15, 0.2) is 31.0 Å². The topological polar surface area (TPSA) is 48.1 Å². The number of aromatic nitrogens is 1. The fourth-order valence-corrected chi connectivity index (χ4v) is 1.57. The van der Waals surface area contributed by atoms with Crippen LogP contribution >= 0.6 is 0 Å². The summed E-state index contributed by atoms with van der Waals surface area (Å²) in [6, 6.07) is 5.58. The summed E-state index contributed by atoms with van der Waals surface area (Å²) in [6.07, 6.45) is 3.51. The van der Waals surface area contributed by atoms with Crippen LogP contribution in [-0.2, 0) is 0 Å². The zero-order chi connectivity index (χ0) is 10.8. The molecule has 1 aromatic heterocycles. The molecule has 0 saturated heterocycles. The van der Waals surface area contributed by atoms with Gasteiger partial charge in [0.15, 0.2) is 0 Å². The Morgan fingerprint density at radius 2 is 2.27 bits per heavy atom. The number of ether oxygens (including phenoxy) is 1. The van der Waals surface area contributed by atoms with Crippen LogP contribution in [0.4, 0.5) is 5.69 Å². The van der Waals surface area contributed by atoms with Crippen LogP contribution in [0.2, 0.25) is 0 Å². The summed E-state index contributed by atoms with van der Waals surface area (Å²) in [5.41, 5.74) is 8.29. The number of nitrogen functional groups attached to an aromatic ring is 1. The molecular formula is C12H12N2O. The van der Waals surface area contributed by atoms with Gasteiger partial charge in [-0.15, -0.1) is 0 Å². The van der Waals surface area contributed by atoms with Gasteiger partial charge >= 0.3 is 0 Å². The number of methoxy groups -OCH3 is 1. The maximum atomic E-state index is 5.88. The Hall–Kier alpha value is -2.03. The van der Waals surface area contributed by atoms with Crippen molar-refractivity contribution in [3.63, 3.8) is 0 Å². The minimum absolute atomic E-state index is 0.619. The Bertz CT molecular complexity index is 520. The molecule has 2 aromatic rings. The second-order valence-electron chi connectivity index (χ2n) is 3.22. The van der Waals surface area contributed by atoms with E-state index in [9.17, 15) is 0 Å². The lowest BCUT2D eigenvalue weighted by molar-refractivity contribution is 0.415. The number of hydrogen-bond donors (Lipinski definition) is 1. The van der Waals surface area contributed by atoms with Crippen LogP contribution in [-0.4, -0.2) is 12.1 Å². The minimum atomic E-state index is 0.619. The summed E-state index contributed by atoms with van der Waals surface area (Å²) in [5.74, 6) is 0.733. The molecule has 0 amide bonds. The van der Waals surface area contributed by atoms with E-state index in [1.165, 1.54) is 0 Å². The molecule has 1 heterocycles. The molecule has 0 aliphatic carbocycles. The number of nitrogens with two attached hydrogens (primary N) is 1. The van der Waals surface area contributed by atoms with Gasteiger partial charge in [-0.25, -0.2) is 0 Å². The number of anilines is 1. The lowest BCUT2D eigenvalue weighted by Crippen LogP contribution is -1.93. The highest BCUT2D eigenvalue weighted by Crippen LogP contribution is 2.28. The zero-order valence-electron chi connectivity index (χ0n) is 8.53. The molecule has 2 rings (SSSR count). The van der Waals surface area contributed by atoms with Crippen LogP contribution < -0.4 is 10.5 Å². The SMILES string of the molecule is C=Cc1ccnc2c(N)cc(OC)cc12. The Morgan fingerprint density at radius 3 is 2.93 bits per heavy atom. The highest BCUT2D eigenvalue weighted by Gasteiger charge is 2.05. The average Bonchev–Trinajstić information content (AvgIpc) is 2.28. The summed E-state index contributed by atoms with van der Waals surface area (Å²) in [4.78, 5) is 4.24. The van der Waals surface area contributed by atoms with Crippen molar-refractivity contribution in [2.24, 2.45) is 0 Å². The van der Waals surface area contributed by atoms with E-state index in [1.54, 1.807) is 25.4 Å². The van der Waals surface area contributed by atoms with E-state index < -0.39 is 0 Å². The first kappa shape index (κ1) is 9.52. The minimum Gasteiger partial charge on any atom is -0.497 e. The van der Waals surface area contributed by atoms with Crippen molar-refractivity contribution in [2.45, 2.75) is 0 Å². The lowest BCUT2D eigenvalue weighted by atomic mass is 10.1. The number of fused-ring (bicyclic) bond motifs is 1. The summed E-state index contributed by atoms with van der Waals surface area (Å²) >= 11 is 0. The predicted octanol–water partition coefficient (Wildman–Crippen LogP) is 2.47. The summed E-state index contributed by atoms with van der Waals surface area (Å²) in [5, 5.41) is 0.962. The highest BCUT2D eigenvalue weighted by molar-refractivity contribution is 5.96. The van der Waals surface area contributed by atoms with Crippen LogP contribution in [0.1, 0.15) is 5.56 Å². The molecule has 76 valence electrons. The van der Waals surface area contributed by atoms with E-state index in [4.69, 9.17) is 10.5 Å². The van der Waals surface area contributed by atoms with Gasteiger partial charge in [0.25, 0.3) is 0 Å². The first-order chi connectivity index (χ1) is 7.26. The van der Waals surface area contributed by atoms with Crippen LogP contribution in [0.3, 0.4) is 0 Å². The van der Waals surface area contributed by atoms with Gasteiger partial charge in [0.1, 0.15) is 5.75 Å². The van der Waals surface area contributed by atoms with Gasteiger partial charge in [-0.3, -0.25) is 4.98 Å².